The number of sulfonamides is 1. The second-order valence-electron chi connectivity index (χ2n) is 4.57. The molecular formula is C13H24N2O3S2. The summed E-state index contributed by atoms with van der Waals surface area (Å²) in [6, 6.07) is 0. The molecule has 116 valence electrons. The topological polar surface area (TPSA) is 67.4 Å². The normalized spacial score (nSPS) is 13.6. The third-order valence-electron chi connectivity index (χ3n) is 2.81. The predicted octanol–water partition coefficient (Wildman–Crippen LogP) is 1.87. The molecular weight excluding hydrogens is 296 g/mol. The molecule has 1 rings (SSSR count). The van der Waals surface area contributed by atoms with E-state index in [1.807, 2.05) is 33.1 Å². The lowest BCUT2D eigenvalue weighted by Gasteiger charge is -2.14. The van der Waals surface area contributed by atoms with Crippen molar-refractivity contribution in [1.82, 2.24) is 10.0 Å². The fourth-order valence-electron chi connectivity index (χ4n) is 1.85. The highest BCUT2D eigenvalue weighted by molar-refractivity contribution is 7.89. The fourth-order valence-corrected chi connectivity index (χ4v) is 4.74. The zero-order valence-electron chi connectivity index (χ0n) is 12.5. The minimum absolute atomic E-state index is 0.133. The van der Waals surface area contributed by atoms with E-state index in [-0.39, 0.29) is 12.6 Å². The minimum Gasteiger partial charge on any atom is -0.377 e. The van der Waals surface area contributed by atoms with Gasteiger partial charge in [0, 0.05) is 24.6 Å². The first-order valence-electron chi connectivity index (χ1n) is 6.81. The van der Waals surface area contributed by atoms with Gasteiger partial charge >= 0.3 is 0 Å². The molecule has 0 saturated heterocycles. The molecule has 0 aromatic carbocycles. The number of hydrogen-bond acceptors (Lipinski definition) is 5. The smallest absolute Gasteiger partial charge is 0.242 e. The van der Waals surface area contributed by atoms with Crippen LogP contribution < -0.4 is 10.0 Å². The number of ether oxygens (including phenoxy) is 1. The lowest BCUT2D eigenvalue weighted by molar-refractivity contribution is 0.0799. The summed E-state index contributed by atoms with van der Waals surface area (Å²) in [5, 5.41) is 5.05. The zero-order chi connectivity index (χ0) is 15.2. The number of thiophene rings is 1. The fraction of sp³-hybridized carbons (Fsp3) is 0.692. The van der Waals surface area contributed by atoms with Crippen LogP contribution in [0.1, 0.15) is 31.2 Å². The van der Waals surface area contributed by atoms with Gasteiger partial charge in [0.1, 0.15) is 4.90 Å². The van der Waals surface area contributed by atoms with Crippen LogP contribution in [0.25, 0.3) is 0 Å². The van der Waals surface area contributed by atoms with Gasteiger partial charge < -0.3 is 10.1 Å². The first kappa shape index (κ1) is 17.6. The van der Waals surface area contributed by atoms with Gasteiger partial charge in [-0.1, -0.05) is 6.92 Å². The first-order valence-corrected chi connectivity index (χ1v) is 9.17. The molecule has 1 unspecified atom stereocenters. The lowest BCUT2D eigenvalue weighted by atomic mass is 10.3. The standard InChI is InChI=1S/C13H24N2O3S2/c1-5-14-8-12-13(10(3)9-19-12)20(16,17)15-7-11(4)18-6-2/h9,11,14-15H,5-8H2,1-4H3. The quantitative estimate of drug-likeness (QED) is 0.729. The Morgan fingerprint density at radius 3 is 2.70 bits per heavy atom. The van der Waals surface area contributed by atoms with Gasteiger partial charge in [-0.05, 0) is 38.3 Å². The van der Waals surface area contributed by atoms with Crippen LogP contribution in [0, 0.1) is 6.92 Å². The van der Waals surface area contributed by atoms with E-state index in [4.69, 9.17) is 4.74 Å². The van der Waals surface area contributed by atoms with Crippen molar-refractivity contribution in [3.05, 3.63) is 15.8 Å². The van der Waals surface area contributed by atoms with Crippen LogP contribution in [0.15, 0.2) is 10.3 Å². The van der Waals surface area contributed by atoms with E-state index < -0.39 is 10.0 Å². The average molecular weight is 320 g/mol. The van der Waals surface area contributed by atoms with Crippen LogP contribution in [0.3, 0.4) is 0 Å². The number of hydrogen-bond donors (Lipinski definition) is 2. The lowest BCUT2D eigenvalue weighted by Crippen LogP contribution is -2.33. The van der Waals surface area contributed by atoms with Crippen LogP contribution in [-0.4, -0.2) is 34.2 Å². The molecule has 0 bridgehead atoms. The predicted molar refractivity (Wildman–Crippen MR) is 82.7 cm³/mol. The number of nitrogens with one attached hydrogen (secondary N) is 2. The van der Waals surface area contributed by atoms with E-state index in [1.54, 1.807) is 0 Å². The maximum Gasteiger partial charge on any atom is 0.242 e. The maximum absolute atomic E-state index is 12.4. The molecule has 0 radical (unpaired) electrons. The van der Waals surface area contributed by atoms with Crippen molar-refractivity contribution in [1.29, 1.82) is 0 Å². The first-order chi connectivity index (χ1) is 9.42. The van der Waals surface area contributed by atoms with E-state index >= 15 is 0 Å². The van der Waals surface area contributed by atoms with Crippen molar-refractivity contribution in [3.8, 4) is 0 Å². The Balaban J connectivity index is 2.83. The van der Waals surface area contributed by atoms with Gasteiger partial charge in [-0.15, -0.1) is 11.3 Å². The Bertz CT molecular complexity index is 512. The highest BCUT2D eigenvalue weighted by Crippen LogP contribution is 2.26. The molecule has 0 aliphatic rings. The number of aryl methyl sites for hydroxylation is 1. The summed E-state index contributed by atoms with van der Waals surface area (Å²) in [7, 11) is -3.48. The third kappa shape index (κ3) is 4.82. The van der Waals surface area contributed by atoms with Crippen LogP contribution in [0.2, 0.25) is 0 Å². The van der Waals surface area contributed by atoms with Crippen LogP contribution >= 0.6 is 11.3 Å². The Hall–Kier alpha value is -0.470. The van der Waals surface area contributed by atoms with Crippen molar-refractivity contribution < 1.29 is 13.2 Å². The van der Waals surface area contributed by atoms with Crippen molar-refractivity contribution in [2.24, 2.45) is 0 Å². The van der Waals surface area contributed by atoms with Gasteiger partial charge in [0.05, 0.1) is 6.10 Å². The molecule has 1 aromatic heterocycles. The second kappa shape index (κ2) is 8.09. The van der Waals surface area contributed by atoms with Crippen LogP contribution in [0.4, 0.5) is 0 Å². The largest absolute Gasteiger partial charge is 0.377 e. The molecule has 0 aliphatic carbocycles. The molecule has 1 aromatic rings. The molecule has 0 fully saturated rings. The molecule has 0 spiro atoms. The molecule has 0 saturated carbocycles. The molecule has 20 heavy (non-hydrogen) atoms. The minimum atomic E-state index is -3.48. The van der Waals surface area contributed by atoms with Crippen molar-refractivity contribution >= 4 is 21.4 Å². The van der Waals surface area contributed by atoms with Gasteiger partial charge in [0.15, 0.2) is 0 Å². The Morgan fingerprint density at radius 1 is 1.40 bits per heavy atom. The molecule has 2 N–H and O–H groups in total. The summed E-state index contributed by atoms with van der Waals surface area (Å²) in [4.78, 5) is 1.26. The van der Waals surface area contributed by atoms with Gasteiger partial charge in [-0.2, -0.15) is 0 Å². The van der Waals surface area contributed by atoms with Crippen molar-refractivity contribution in [2.45, 2.75) is 45.2 Å². The van der Waals surface area contributed by atoms with Gasteiger partial charge in [0.2, 0.25) is 10.0 Å². The van der Waals surface area contributed by atoms with Gasteiger partial charge in [-0.3, -0.25) is 0 Å². The molecule has 1 heterocycles. The van der Waals surface area contributed by atoms with Crippen LogP contribution in [-0.2, 0) is 21.3 Å². The summed E-state index contributed by atoms with van der Waals surface area (Å²) in [6.07, 6.45) is -0.133. The highest BCUT2D eigenvalue weighted by atomic mass is 32.2. The summed E-state index contributed by atoms with van der Waals surface area (Å²) >= 11 is 1.47. The average Bonchev–Trinajstić information content (AvgIpc) is 2.76. The molecule has 7 heteroatoms. The SMILES string of the molecule is CCNCc1scc(C)c1S(=O)(=O)NCC(C)OCC. The van der Waals surface area contributed by atoms with E-state index in [9.17, 15) is 8.42 Å². The Morgan fingerprint density at radius 2 is 2.10 bits per heavy atom. The van der Waals surface area contributed by atoms with E-state index in [2.05, 4.69) is 10.0 Å². The second-order valence-corrected chi connectivity index (χ2v) is 7.24. The maximum atomic E-state index is 12.4. The van der Waals surface area contributed by atoms with Gasteiger partial charge in [-0.25, -0.2) is 13.1 Å². The zero-order valence-corrected chi connectivity index (χ0v) is 14.2. The van der Waals surface area contributed by atoms with E-state index in [0.29, 0.717) is 18.0 Å². The summed E-state index contributed by atoms with van der Waals surface area (Å²) in [6.45, 7) is 9.81. The molecule has 1 atom stereocenters. The third-order valence-corrected chi connectivity index (χ3v) is 5.69. The molecule has 0 aliphatic heterocycles. The Labute approximate surface area is 125 Å². The molecule has 0 amide bonds. The van der Waals surface area contributed by atoms with Crippen molar-refractivity contribution in [3.63, 3.8) is 0 Å². The highest BCUT2D eigenvalue weighted by Gasteiger charge is 2.23. The monoisotopic (exact) mass is 320 g/mol. The van der Waals surface area contributed by atoms with Crippen molar-refractivity contribution in [2.75, 3.05) is 19.7 Å². The van der Waals surface area contributed by atoms with E-state index in [0.717, 1.165) is 17.0 Å². The van der Waals surface area contributed by atoms with Gasteiger partial charge in [0.25, 0.3) is 0 Å². The Kier molecular flexibility index (Phi) is 7.11. The van der Waals surface area contributed by atoms with Crippen LogP contribution in [0.5, 0.6) is 0 Å². The summed E-state index contributed by atoms with van der Waals surface area (Å²) in [5.41, 5.74) is 0.791. The summed E-state index contributed by atoms with van der Waals surface area (Å²) in [5.74, 6) is 0. The summed E-state index contributed by atoms with van der Waals surface area (Å²) < 4.78 is 32.8. The van der Waals surface area contributed by atoms with E-state index in [1.165, 1.54) is 11.3 Å². The molecule has 5 nitrogen and oxygen atoms in total. The number of rotatable bonds is 9.